The number of nitrogens with zero attached hydrogens (tertiary/aromatic N) is 1. The highest BCUT2D eigenvalue weighted by Gasteiger charge is 2.42. The molecule has 2 atom stereocenters. The number of aromatic amines is 1. The van der Waals surface area contributed by atoms with Gasteiger partial charge in [0.2, 0.25) is 0 Å². The summed E-state index contributed by atoms with van der Waals surface area (Å²) in [4.78, 5) is 0. The molecule has 0 radical (unpaired) electrons. The third-order valence-corrected chi connectivity index (χ3v) is 5.27. The molecule has 2 aliphatic rings. The number of hydrogen-bond donors (Lipinski definition) is 2. The minimum absolute atomic E-state index is 0.131. The van der Waals surface area contributed by atoms with Gasteiger partial charge in [0.25, 0.3) is 0 Å². The number of fused-ring (bicyclic) bond motifs is 1. The van der Waals surface area contributed by atoms with E-state index in [0.717, 1.165) is 23.2 Å². The summed E-state index contributed by atoms with van der Waals surface area (Å²) in [6, 6.07) is 5.54. The summed E-state index contributed by atoms with van der Waals surface area (Å²) in [5.41, 5.74) is 2.66. The second kappa shape index (κ2) is 7.42. The summed E-state index contributed by atoms with van der Waals surface area (Å²) in [6.45, 7) is 1.51. The number of nitrogens with one attached hydrogen (secondary N) is 2. The average Bonchev–Trinajstić information content (AvgIpc) is 3.14. The number of benzene rings is 1. The topological polar surface area (TPSA) is 59.2 Å². The molecular formula is C19H22F3N3O2. The Morgan fingerprint density at radius 3 is 2.78 bits per heavy atom. The van der Waals surface area contributed by atoms with E-state index in [-0.39, 0.29) is 18.9 Å². The zero-order valence-electron chi connectivity index (χ0n) is 14.8. The SMILES string of the molecule is FC(F)(F)[C@H]1CCC[C@@H](NCc2cn[nH]c2-c2ccc3c(c2)OCCO3)C1. The van der Waals surface area contributed by atoms with E-state index in [1.165, 1.54) is 0 Å². The molecule has 0 amide bonds. The normalized spacial score (nSPS) is 22.6. The smallest absolute Gasteiger partial charge is 0.391 e. The number of alkyl halides is 3. The standard InChI is InChI=1S/C19H22F3N3O2/c20-19(21,22)14-2-1-3-15(9-14)23-10-13-11-24-25-18(13)12-4-5-16-17(8-12)27-7-6-26-16/h4-5,8,11,14-15,23H,1-3,6-7,9-10H2,(H,24,25)/t14-,15+/m0/s1. The van der Waals surface area contributed by atoms with Gasteiger partial charge in [0, 0.05) is 23.7 Å². The van der Waals surface area contributed by atoms with E-state index in [0.29, 0.717) is 37.7 Å². The van der Waals surface area contributed by atoms with E-state index in [1.807, 2.05) is 18.2 Å². The van der Waals surface area contributed by atoms with Gasteiger partial charge in [-0.25, -0.2) is 0 Å². The predicted octanol–water partition coefficient (Wildman–Crippen LogP) is 4.06. The van der Waals surface area contributed by atoms with Crippen molar-refractivity contribution in [3.63, 3.8) is 0 Å². The second-order valence-corrected chi connectivity index (χ2v) is 7.11. The molecule has 1 saturated carbocycles. The molecular weight excluding hydrogens is 359 g/mol. The van der Waals surface area contributed by atoms with Crippen molar-refractivity contribution < 1.29 is 22.6 Å². The van der Waals surface area contributed by atoms with Gasteiger partial charge in [-0.1, -0.05) is 6.42 Å². The second-order valence-electron chi connectivity index (χ2n) is 7.11. The maximum Gasteiger partial charge on any atom is 0.391 e. The third-order valence-electron chi connectivity index (χ3n) is 5.27. The highest BCUT2D eigenvalue weighted by molar-refractivity contribution is 5.66. The lowest BCUT2D eigenvalue weighted by Crippen LogP contribution is -2.38. The number of halogens is 3. The summed E-state index contributed by atoms with van der Waals surface area (Å²) in [5, 5.41) is 10.4. The fourth-order valence-corrected chi connectivity index (χ4v) is 3.82. The first-order valence-corrected chi connectivity index (χ1v) is 9.23. The number of ether oxygens (including phenoxy) is 2. The molecule has 2 N–H and O–H groups in total. The van der Waals surface area contributed by atoms with Gasteiger partial charge in [-0.05, 0) is 37.5 Å². The van der Waals surface area contributed by atoms with E-state index < -0.39 is 12.1 Å². The molecule has 5 nitrogen and oxygen atoms in total. The number of H-pyrrole nitrogens is 1. The maximum atomic E-state index is 13.0. The third kappa shape index (κ3) is 4.05. The Hall–Kier alpha value is -2.22. The largest absolute Gasteiger partial charge is 0.486 e. The first kappa shape index (κ1) is 18.2. The molecule has 27 heavy (non-hydrogen) atoms. The molecule has 146 valence electrons. The Morgan fingerprint density at radius 1 is 1.15 bits per heavy atom. The molecule has 2 heterocycles. The fraction of sp³-hybridized carbons (Fsp3) is 0.526. The highest BCUT2D eigenvalue weighted by Crippen LogP contribution is 2.38. The molecule has 2 aromatic rings. The van der Waals surface area contributed by atoms with E-state index >= 15 is 0 Å². The van der Waals surface area contributed by atoms with Crippen LogP contribution in [0.15, 0.2) is 24.4 Å². The Balaban J connectivity index is 1.44. The quantitative estimate of drug-likeness (QED) is 0.839. The molecule has 4 rings (SSSR count). The molecule has 0 saturated heterocycles. The molecule has 1 aromatic carbocycles. The van der Waals surface area contributed by atoms with Crippen molar-refractivity contribution in [3.8, 4) is 22.8 Å². The lowest BCUT2D eigenvalue weighted by molar-refractivity contribution is -0.183. The summed E-state index contributed by atoms with van der Waals surface area (Å²) in [6.07, 6.45) is -0.655. The van der Waals surface area contributed by atoms with Gasteiger partial charge in [0.1, 0.15) is 13.2 Å². The molecule has 1 aliphatic heterocycles. The van der Waals surface area contributed by atoms with Crippen molar-refractivity contribution in [2.75, 3.05) is 13.2 Å². The predicted molar refractivity (Wildman–Crippen MR) is 93.7 cm³/mol. The van der Waals surface area contributed by atoms with Crippen LogP contribution in [-0.2, 0) is 6.54 Å². The van der Waals surface area contributed by atoms with Crippen molar-refractivity contribution >= 4 is 0 Å². The summed E-state index contributed by atoms with van der Waals surface area (Å²) >= 11 is 0. The van der Waals surface area contributed by atoms with Crippen LogP contribution in [0.5, 0.6) is 11.5 Å². The van der Waals surface area contributed by atoms with Gasteiger partial charge in [0.05, 0.1) is 17.8 Å². The van der Waals surface area contributed by atoms with Crippen LogP contribution in [0.25, 0.3) is 11.3 Å². The zero-order valence-corrected chi connectivity index (χ0v) is 14.8. The number of rotatable bonds is 4. The molecule has 8 heteroatoms. The molecule has 1 aromatic heterocycles. The Kier molecular flexibility index (Phi) is 4.99. The van der Waals surface area contributed by atoms with Crippen LogP contribution >= 0.6 is 0 Å². The first-order valence-electron chi connectivity index (χ1n) is 9.23. The van der Waals surface area contributed by atoms with Gasteiger partial charge in [-0.15, -0.1) is 0 Å². The number of hydrogen-bond acceptors (Lipinski definition) is 4. The minimum atomic E-state index is -4.10. The van der Waals surface area contributed by atoms with Gasteiger partial charge in [-0.2, -0.15) is 18.3 Å². The van der Waals surface area contributed by atoms with E-state index in [9.17, 15) is 13.2 Å². The Morgan fingerprint density at radius 2 is 1.96 bits per heavy atom. The van der Waals surface area contributed by atoms with Crippen molar-refractivity contribution in [2.45, 2.75) is 44.4 Å². The minimum Gasteiger partial charge on any atom is -0.486 e. The van der Waals surface area contributed by atoms with Crippen LogP contribution in [0.4, 0.5) is 13.2 Å². The van der Waals surface area contributed by atoms with Crippen LogP contribution in [-0.4, -0.2) is 35.6 Å². The van der Waals surface area contributed by atoms with Gasteiger partial charge in [0.15, 0.2) is 11.5 Å². The van der Waals surface area contributed by atoms with Crippen LogP contribution in [0.3, 0.4) is 0 Å². The van der Waals surface area contributed by atoms with Gasteiger partial charge >= 0.3 is 6.18 Å². The first-order chi connectivity index (χ1) is 13.0. The fourth-order valence-electron chi connectivity index (χ4n) is 3.82. The van der Waals surface area contributed by atoms with Crippen molar-refractivity contribution in [2.24, 2.45) is 5.92 Å². The van der Waals surface area contributed by atoms with Gasteiger partial charge < -0.3 is 14.8 Å². The molecule has 1 fully saturated rings. The Labute approximate surface area is 155 Å². The molecule has 1 aliphatic carbocycles. The van der Waals surface area contributed by atoms with Crippen molar-refractivity contribution in [3.05, 3.63) is 30.0 Å². The van der Waals surface area contributed by atoms with Crippen LogP contribution < -0.4 is 14.8 Å². The highest BCUT2D eigenvalue weighted by atomic mass is 19.4. The lowest BCUT2D eigenvalue weighted by atomic mass is 9.85. The maximum absolute atomic E-state index is 13.0. The van der Waals surface area contributed by atoms with E-state index in [4.69, 9.17) is 9.47 Å². The van der Waals surface area contributed by atoms with Crippen molar-refractivity contribution in [1.29, 1.82) is 0 Å². The number of aromatic nitrogens is 2. The summed E-state index contributed by atoms with van der Waals surface area (Å²) in [5.74, 6) is 0.197. The van der Waals surface area contributed by atoms with Crippen molar-refractivity contribution in [1.82, 2.24) is 15.5 Å². The molecule has 0 unspecified atom stereocenters. The monoisotopic (exact) mass is 381 g/mol. The molecule has 0 spiro atoms. The van der Waals surface area contributed by atoms with Crippen LogP contribution in [0.1, 0.15) is 31.2 Å². The molecule has 0 bridgehead atoms. The van der Waals surface area contributed by atoms with Crippen LogP contribution in [0.2, 0.25) is 0 Å². The summed E-state index contributed by atoms with van der Waals surface area (Å²) < 4.78 is 50.1. The lowest BCUT2D eigenvalue weighted by Gasteiger charge is -2.31. The van der Waals surface area contributed by atoms with Crippen LogP contribution in [0, 0.1) is 5.92 Å². The van der Waals surface area contributed by atoms with E-state index in [1.54, 1.807) is 6.20 Å². The Bertz CT molecular complexity index is 791. The van der Waals surface area contributed by atoms with Gasteiger partial charge in [-0.3, -0.25) is 5.10 Å². The zero-order chi connectivity index (χ0) is 18.9. The van der Waals surface area contributed by atoms with E-state index in [2.05, 4.69) is 15.5 Å². The average molecular weight is 381 g/mol. The summed E-state index contributed by atoms with van der Waals surface area (Å²) in [7, 11) is 0.